The van der Waals surface area contributed by atoms with Gasteiger partial charge in [-0.25, -0.2) is 4.79 Å². The van der Waals surface area contributed by atoms with E-state index in [9.17, 15) is 4.79 Å². The van der Waals surface area contributed by atoms with Crippen LogP contribution in [0, 0.1) is 6.92 Å². The molecule has 0 saturated carbocycles. The third-order valence-corrected chi connectivity index (χ3v) is 3.75. The van der Waals surface area contributed by atoms with Crippen LogP contribution in [0.2, 0.25) is 10.0 Å². The molecule has 0 unspecified atom stereocenters. The van der Waals surface area contributed by atoms with E-state index in [0.29, 0.717) is 10.6 Å². The lowest BCUT2D eigenvalue weighted by Crippen LogP contribution is -2.19. The summed E-state index contributed by atoms with van der Waals surface area (Å²) in [7, 11) is 1.28. The van der Waals surface area contributed by atoms with Gasteiger partial charge >= 0.3 is 5.97 Å². The SMILES string of the molecule is COC(=O)/C(=N\Nc1ccc(C)cc1)c1cccc(Cl)c1Cl. The smallest absolute Gasteiger partial charge is 0.359 e. The number of esters is 1. The summed E-state index contributed by atoms with van der Waals surface area (Å²) in [5.74, 6) is -0.608. The van der Waals surface area contributed by atoms with Gasteiger partial charge in [0.25, 0.3) is 0 Å². The molecule has 2 aromatic rings. The van der Waals surface area contributed by atoms with Gasteiger partial charge in [-0.1, -0.05) is 53.0 Å². The van der Waals surface area contributed by atoms with Crippen LogP contribution in [-0.4, -0.2) is 18.8 Å². The number of aryl methyl sites for hydroxylation is 1. The summed E-state index contributed by atoms with van der Waals surface area (Å²) in [5.41, 5.74) is 5.14. The standard InChI is InChI=1S/C16H14Cl2N2O2/c1-10-6-8-11(9-7-10)19-20-15(16(21)22-2)12-4-3-5-13(17)14(12)18/h3-9,19H,1-2H3/b20-15-. The van der Waals surface area contributed by atoms with Gasteiger partial charge in [0.05, 0.1) is 22.8 Å². The number of carbonyl (C=O) groups is 1. The monoisotopic (exact) mass is 336 g/mol. The Hall–Kier alpha value is -2.04. The third-order valence-electron chi connectivity index (χ3n) is 2.93. The van der Waals surface area contributed by atoms with Crippen molar-refractivity contribution >= 4 is 40.6 Å². The van der Waals surface area contributed by atoms with E-state index in [2.05, 4.69) is 10.5 Å². The van der Waals surface area contributed by atoms with Crippen molar-refractivity contribution in [1.29, 1.82) is 0 Å². The number of hydrazone groups is 1. The van der Waals surface area contributed by atoms with E-state index in [1.807, 2.05) is 31.2 Å². The number of carbonyl (C=O) groups excluding carboxylic acids is 1. The Balaban J connectivity index is 2.37. The molecule has 22 heavy (non-hydrogen) atoms. The zero-order chi connectivity index (χ0) is 16.1. The van der Waals surface area contributed by atoms with Gasteiger partial charge < -0.3 is 4.74 Å². The highest BCUT2D eigenvalue weighted by atomic mass is 35.5. The molecule has 4 nitrogen and oxygen atoms in total. The number of benzene rings is 2. The van der Waals surface area contributed by atoms with Crippen LogP contribution in [0.25, 0.3) is 0 Å². The molecule has 0 aliphatic carbocycles. The van der Waals surface area contributed by atoms with Crippen LogP contribution < -0.4 is 5.43 Å². The van der Waals surface area contributed by atoms with Crippen LogP contribution in [0.3, 0.4) is 0 Å². The van der Waals surface area contributed by atoms with Crippen LogP contribution in [-0.2, 0) is 9.53 Å². The second kappa shape index (κ2) is 7.29. The van der Waals surface area contributed by atoms with Gasteiger partial charge in [-0.3, -0.25) is 5.43 Å². The van der Waals surface area contributed by atoms with E-state index in [0.717, 1.165) is 11.3 Å². The highest BCUT2D eigenvalue weighted by molar-refractivity contribution is 6.50. The van der Waals surface area contributed by atoms with Gasteiger partial charge in [0, 0.05) is 5.56 Å². The van der Waals surface area contributed by atoms with Crippen LogP contribution in [0.5, 0.6) is 0 Å². The van der Waals surface area contributed by atoms with Crippen LogP contribution >= 0.6 is 23.2 Å². The van der Waals surface area contributed by atoms with Crippen molar-refractivity contribution in [3.05, 3.63) is 63.6 Å². The number of ether oxygens (including phenoxy) is 1. The number of hydrogen-bond donors (Lipinski definition) is 1. The van der Waals surface area contributed by atoms with E-state index < -0.39 is 5.97 Å². The van der Waals surface area contributed by atoms with Crippen LogP contribution in [0.4, 0.5) is 5.69 Å². The molecule has 0 radical (unpaired) electrons. The van der Waals surface area contributed by atoms with E-state index in [4.69, 9.17) is 27.9 Å². The topological polar surface area (TPSA) is 50.7 Å². The van der Waals surface area contributed by atoms with Crippen molar-refractivity contribution in [3.8, 4) is 0 Å². The number of halogens is 2. The highest BCUT2D eigenvalue weighted by Crippen LogP contribution is 2.26. The minimum Gasteiger partial charge on any atom is -0.464 e. The number of anilines is 1. The molecule has 1 N–H and O–H groups in total. The average molecular weight is 337 g/mol. The normalized spacial score (nSPS) is 11.2. The van der Waals surface area contributed by atoms with Gasteiger partial charge in [0.2, 0.25) is 0 Å². The van der Waals surface area contributed by atoms with Gasteiger partial charge in [0.15, 0.2) is 5.71 Å². The summed E-state index contributed by atoms with van der Waals surface area (Å²) in [6, 6.07) is 12.6. The second-order valence-electron chi connectivity index (χ2n) is 4.53. The first kappa shape index (κ1) is 16.3. The lowest BCUT2D eigenvalue weighted by atomic mass is 10.1. The first-order valence-electron chi connectivity index (χ1n) is 6.46. The summed E-state index contributed by atoms with van der Waals surface area (Å²) >= 11 is 12.1. The molecule has 0 saturated heterocycles. The Bertz CT molecular complexity index is 713. The molecule has 114 valence electrons. The Morgan fingerprint density at radius 1 is 1.14 bits per heavy atom. The molecular formula is C16H14Cl2N2O2. The van der Waals surface area contributed by atoms with Crippen molar-refractivity contribution in [2.45, 2.75) is 6.92 Å². The van der Waals surface area contributed by atoms with Crippen molar-refractivity contribution in [3.63, 3.8) is 0 Å². The fourth-order valence-corrected chi connectivity index (χ4v) is 2.14. The second-order valence-corrected chi connectivity index (χ2v) is 5.32. The number of methoxy groups -OCH3 is 1. The van der Waals surface area contributed by atoms with Crippen LogP contribution in [0.1, 0.15) is 11.1 Å². The fraction of sp³-hybridized carbons (Fsp3) is 0.125. The van der Waals surface area contributed by atoms with Gasteiger partial charge in [-0.2, -0.15) is 5.10 Å². The average Bonchev–Trinajstić information content (AvgIpc) is 2.52. The van der Waals surface area contributed by atoms with Crippen molar-refractivity contribution < 1.29 is 9.53 Å². The number of rotatable bonds is 4. The molecule has 2 aromatic carbocycles. The maximum absolute atomic E-state index is 12.0. The summed E-state index contributed by atoms with van der Waals surface area (Å²) in [4.78, 5) is 12.0. The first-order chi connectivity index (χ1) is 10.5. The largest absolute Gasteiger partial charge is 0.464 e. The van der Waals surface area contributed by atoms with Crippen molar-refractivity contribution in [2.75, 3.05) is 12.5 Å². The summed E-state index contributed by atoms with van der Waals surface area (Å²) in [6.07, 6.45) is 0. The first-order valence-corrected chi connectivity index (χ1v) is 7.21. The molecule has 0 atom stereocenters. The molecule has 2 rings (SSSR count). The summed E-state index contributed by atoms with van der Waals surface area (Å²) in [5, 5.41) is 4.70. The molecule has 0 spiro atoms. The summed E-state index contributed by atoms with van der Waals surface area (Å²) in [6.45, 7) is 1.98. The van der Waals surface area contributed by atoms with Gasteiger partial charge in [0.1, 0.15) is 0 Å². The highest BCUT2D eigenvalue weighted by Gasteiger charge is 2.19. The lowest BCUT2D eigenvalue weighted by molar-refractivity contribution is -0.132. The Labute approximate surface area is 138 Å². The predicted octanol–water partition coefficient (Wildman–Crippen LogP) is 4.29. The van der Waals surface area contributed by atoms with Crippen LogP contribution in [0.15, 0.2) is 47.6 Å². The van der Waals surface area contributed by atoms with Crippen molar-refractivity contribution in [2.24, 2.45) is 5.10 Å². The molecule has 0 aliphatic rings. The minimum absolute atomic E-state index is 0.0515. The molecule has 6 heteroatoms. The minimum atomic E-state index is -0.608. The number of hydrogen-bond acceptors (Lipinski definition) is 4. The number of nitrogens with zero attached hydrogens (tertiary/aromatic N) is 1. The quantitative estimate of drug-likeness (QED) is 0.514. The van der Waals surface area contributed by atoms with Crippen molar-refractivity contribution in [1.82, 2.24) is 0 Å². The zero-order valence-corrected chi connectivity index (χ0v) is 13.6. The predicted molar refractivity (Wildman–Crippen MR) is 89.8 cm³/mol. The van der Waals surface area contributed by atoms with E-state index in [1.165, 1.54) is 7.11 Å². The molecule has 0 amide bonds. The molecule has 0 aliphatic heterocycles. The Morgan fingerprint density at radius 2 is 1.82 bits per heavy atom. The molecule has 0 heterocycles. The van der Waals surface area contributed by atoms with Gasteiger partial charge in [-0.15, -0.1) is 0 Å². The molecular weight excluding hydrogens is 323 g/mol. The molecule has 0 fully saturated rings. The van der Waals surface area contributed by atoms with Gasteiger partial charge in [-0.05, 0) is 25.1 Å². The maximum Gasteiger partial charge on any atom is 0.359 e. The summed E-state index contributed by atoms with van der Waals surface area (Å²) < 4.78 is 4.76. The van der Waals surface area contributed by atoms with E-state index in [-0.39, 0.29) is 10.7 Å². The third kappa shape index (κ3) is 3.78. The fourth-order valence-electron chi connectivity index (χ4n) is 1.75. The van der Waals surface area contributed by atoms with E-state index >= 15 is 0 Å². The molecule has 0 bridgehead atoms. The maximum atomic E-state index is 12.0. The Kier molecular flexibility index (Phi) is 5.41. The van der Waals surface area contributed by atoms with E-state index in [1.54, 1.807) is 18.2 Å². The zero-order valence-electron chi connectivity index (χ0n) is 12.1. The Morgan fingerprint density at radius 3 is 2.45 bits per heavy atom. The lowest BCUT2D eigenvalue weighted by Gasteiger charge is -2.09. The number of nitrogens with one attached hydrogen (secondary N) is 1. The molecule has 0 aromatic heterocycles.